The first-order valence-electron chi connectivity index (χ1n) is 6.36. The fraction of sp³-hybridized carbons (Fsp3) is 0.286. The van der Waals surface area contributed by atoms with Gasteiger partial charge in [-0.25, -0.2) is 9.97 Å². The lowest BCUT2D eigenvalue weighted by atomic mass is 10.1. The molecular formula is C14H15N3O3. The number of benzene rings is 1. The van der Waals surface area contributed by atoms with E-state index in [1.807, 2.05) is 18.2 Å². The minimum Gasteiger partial charge on any atom is -0.454 e. The second kappa shape index (κ2) is 5.85. The van der Waals surface area contributed by atoms with Crippen molar-refractivity contribution in [1.82, 2.24) is 15.3 Å². The monoisotopic (exact) mass is 273 g/mol. The molecule has 0 radical (unpaired) electrons. The standard InChI is InChI=1S/C14H15N3O3/c18-12(7-16-6-11-3-4-15-8-17-11)10-1-2-13-14(5-10)20-9-19-13/h1-5,8,12,16,18H,6-7,9H2. The Kier molecular flexibility index (Phi) is 3.76. The summed E-state index contributed by atoms with van der Waals surface area (Å²) in [6.45, 7) is 1.26. The normalized spacial score (nSPS) is 14.2. The van der Waals surface area contributed by atoms with Crippen LogP contribution in [-0.2, 0) is 6.54 Å². The van der Waals surface area contributed by atoms with Crippen LogP contribution in [0.1, 0.15) is 17.4 Å². The van der Waals surface area contributed by atoms with E-state index in [1.165, 1.54) is 6.33 Å². The molecule has 1 atom stereocenters. The smallest absolute Gasteiger partial charge is 0.231 e. The molecule has 1 aromatic heterocycles. The van der Waals surface area contributed by atoms with E-state index < -0.39 is 6.10 Å². The Bertz CT molecular complexity index is 577. The quantitative estimate of drug-likeness (QED) is 0.847. The number of hydrogen-bond donors (Lipinski definition) is 2. The molecule has 2 heterocycles. The van der Waals surface area contributed by atoms with Gasteiger partial charge in [-0.3, -0.25) is 0 Å². The van der Waals surface area contributed by atoms with Crippen LogP contribution in [0, 0.1) is 0 Å². The van der Waals surface area contributed by atoms with Crippen molar-refractivity contribution >= 4 is 0 Å². The third kappa shape index (κ3) is 2.87. The molecule has 1 aromatic carbocycles. The van der Waals surface area contributed by atoms with Gasteiger partial charge in [-0.1, -0.05) is 6.07 Å². The summed E-state index contributed by atoms with van der Waals surface area (Å²) in [5, 5.41) is 13.3. The fourth-order valence-corrected chi connectivity index (χ4v) is 2.00. The third-order valence-electron chi connectivity index (χ3n) is 3.07. The molecule has 0 spiro atoms. The predicted octanol–water partition coefficient (Wildman–Crippen LogP) is 1.03. The van der Waals surface area contributed by atoms with Crippen LogP contribution in [0.25, 0.3) is 0 Å². The van der Waals surface area contributed by atoms with Gasteiger partial charge in [0.15, 0.2) is 11.5 Å². The molecule has 0 aliphatic carbocycles. The third-order valence-corrected chi connectivity index (χ3v) is 3.07. The molecule has 0 bridgehead atoms. The maximum atomic E-state index is 10.1. The average Bonchev–Trinajstić information content (AvgIpc) is 2.95. The Morgan fingerprint density at radius 2 is 2.15 bits per heavy atom. The molecule has 0 fully saturated rings. The summed E-state index contributed by atoms with van der Waals surface area (Å²) in [7, 11) is 0. The first kappa shape index (κ1) is 12.8. The van der Waals surface area contributed by atoms with Gasteiger partial charge >= 0.3 is 0 Å². The highest BCUT2D eigenvalue weighted by molar-refractivity contribution is 5.45. The zero-order chi connectivity index (χ0) is 13.8. The number of nitrogens with one attached hydrogen (secondary N) is 1. The van der Waals surface area contributed by atoms with Gasteiger partial charge < -0.3 is 19.9 Å². The average molecular weight is 273 g/mol. The van der Waals surface area contributed by atoms with E-state index in [9.17, 15) is 5.11 Å². The van der Waals surface area contributed by atoms with Crippen molar-refractivity contribution in [2.45, 2.75) is 12.6 Å². The van der Waals surface area contributed by atoms with Crippen molar-refractivity contribution in [1.29, 1.82) is 0 Å². The number of aliphatic hydroxyl groups is 1. The van der Waals surface area contributed by atoms with Crippen molar-refractivity contribution < 1.29 is 14.6 Å². The number of nitrogens with zero attached hydrogens (tertiary/aromatic N) is 2. The molecule has 104 valence electrons. The van der Waals surface area contributed by atoms with E-state index in [0.717, 1.165) is 17.0 Å². The summed E-state index contributed by atoms with van der Waals surface area (Å²) in [5.74, 6) is 1.40. The summed E-state index contributed by atoms with van der Waals surface area (Å²) >= 11 is 0. The van der Waals surface area contributed by atoms with E-state index >= 15 is 0 Å². The number of hydrogen-bond acceptors (Lipinski definition) is 6. The summed E-state index contributed by atoms with van der Waals surface area (Å²) in [6, 6.07) is 7.29. The lowest BCUT2D eigenvalue weighted by molar-refractivity contribution is 0.170. The fourth-order valence-electron chi connectivity index (χ4n) is 2.00. The van der Waals surface area contributed by atoms with Gasteiger partial charge in [-0.2, -0.15) is 0 Å². The largest absolute Gasteiger partial charge is 0.454 e. The highest BCUT2D eigenvalue weighted by Crippen LogP contribution is 2.34. The van der Waals surface area contributed by atoms with Gasteiger partial charge in [-0.15, -0.1) is 0 Å². The van der Waals surface area contributed by atoms with E-state index in [0.29, 0.717) is 18.8 Å². The number of ether oxygens (including phenoxy) is 2. The molecule has 0 saturated carbocycles. The number of fused-ring (bicyclic) bond motifs is 1. The second-order valence-electron chi connectivity index (χ2n) is 4.46. The van der Waals surface area contributed by atoms with Crippen molar-refractivity contribution in [3.63, 3.8) is 0 Å². The van der Waals surface area contributed by atoms with Crippen LogP contribution in [0.3, 0.4) is 0 Å². The lowest BCUT2D eigenvalue weighted by Gasteiger charge is -2.12. The van der Waals surface area contributed by atoms with Gasteiger partial charge in [0.2, 0.25) is 6.79 Å². The van der Waals surface area contributed by atoms with Crippen LogP contribution in [-0.4, -0.2) is 28.4 Å². The van der Waals surface area contributed by atoms with Gasteiger partial charge in [0.25, 0.3) is 0 Å². The SMILES string of the molecule is OC(CNCc1ccncn1)c1ccc2c(c1)OCO2. The summed E-state index contributed by atoms with van der Waals surface area (Å²) in [6.07, 6.45) is 2.59. The summed E-state index contributed by atoms with van der Waals surface area (Å²) in [5.41, 5.74) is 1.68. The van der Waals surface area contributed by atoms with Crippen molar-refractivity contribution in [2.75, 3.05) is 13.3 Å². The lowest BCUT2D eigenvalue weighted by Crippen LogP contribution is -2.21. The minimum absolute atomic E-state index is 0.237. The van der Waals surface area contributed by atoms with Gasteiger partial charge in [0.05, 0.1) is 11.8 Å². The Hall–Kier alpha value is -2.18. The Morgan fingerprint density at radius 1 is 1.25 bits per heavy atom. The Balaban J connectivity index is 1.55. The van der Waals surface area contributed by atoms with Crippen molar-refractivity contribution in [3.05, 3.63) is 48.0 Å². The first-order valence-corrected chi connectivity index (χ1v) is 6.36. The maximum Gasteiger partial charge on any atom is 0.231 e. The first-order chi connectivity index (χ1) is 9.83. The molecule has 0 amide bonds. The second-order valence-corrected chi connectivity index (χ2v) is 4.46. The highest BCUT2D eigenvalue weighted by Gasteiger charge is 2.16. The van der Waals surface area contributed by atoms with Crippen LogP contribution in [0.15, 0.2) is 36.8 Å². The van der Waals surface area contributed by atoms with Crippen LogP contribution < -0.4 is 14.8 Å². The highest BCUT2D eigenvalue weighted by atomic mass is 16.7. The molecule has 20 heavy (non-hydrogen) atoms. The molecule has 1 aliphatic heterocycles. The van der Waals surface area contributed by atoms with Gasteiger partial charge in [0, 0.05) is 19.3 Å². The molecule has 3 rings (SSSR count). The number of aromatic nitrogens is 2. The van der Waals surface area contributed by atoms with E-state index in [1.54, 1.807) is 12.3 Å². The molecule has 2 aromatic rings. The minimum atomic E-state index is -0.605. The Labute approximate surface area is 116 Å². The number of rotatable bonds is 5. The van der Waals surface area contributed by atoms with Crippen LogP contribution in [0.4, 0.5) is 0 Å². The Morgan fingerprint density at radius 3 is 3.00 bits per heavy atom. The van der Waals surface area contributed by atoms with E-state index in [-0.39, 0.29) is 6.79 Å². The molecular weight excluding hydrogens is 258 g/mol. The van der Waals surface area contributed by atoms with Gasteiger partial charge in [0.1, 0.15) is 6.33 Å². The molecule has 1 unspecified atom stereocenters. The van der Waals surface area contributed by atoms with Crippen LogP contribution in [0.5, 0.6) is 11.5 Å². The van der Waals surface area contributed by atoms with Crippen LogP contribution in [0.2, 0.25) is 0 Å². The zero-order valence-electron chi connectivity index (χ0n) is 10.8. The molecule has 6 heteroatoms. The van der Waals surface area contributed by atoms with Crippen LogP contribution >= 0.6 is 0 Å². The molecule has 2 N–H and O–H groups in total. The van der Waals surface area contributed by atoms with Crippen molar-refractivity contribution in [2.24, 2.45) is 0 Å². The molecule has 0 saturated heterocycles. The zero-order valence-corrected chi connectivity index (χ0v) is 10.8. The summed E-state index contributed by atoms with van der Waals surface area (Å²) < 4.78 is 10.5. The van der Waals surface area contributed by atoms with E-state index in [4.69, 9.17) is 9.47 Å². The predicted molar refractivity (Wildman–Crippen MR) is 71.3 cm³/mol. The van der Waals surface area contributed by atoms with E-state index in [2.05, 4.69) is 15.3 Å². The number of aliphatic hydroxyl groups excluding tert-OH is 1. The topological polar surface area (TPSA) is 76.5 Å². The molecule has 6 nitrogen and oxygen atoms in total. The van der Waals surface area contributed by atoms with Gasteiger partial charge in [-0.05, 0) is 23.8 Å². The maximum absolute atomic E-state index is 10.1. The molecule has 1 aliphatic rings. The summed E-state index contributed by atoms with van der Waals surface area (Å²) in [4.78, 5) is 7.96. The van der Waals surface area contributed by atoms with Crippen molar-refractivity contribution in [3.8, 4) is 11.5 Å².